The summed E-state index contributed by atoms with van der Waals surface area (Å²) in [6.07, 6.45) is 0. The fourth-order valence-electron chi connectivity index (χ4n) is 1.10. The summed E-state index contributed by atoms with van der Waals surface area (Å²) in [7, 11) is 0. The Bertz CT molecular complexity index is 330. The van der Waals surface area contributed by atoms with Gasteiger partial charge in [0, 0.05) is 17.6 Å². The third-order valence-corrected chi connectivity index (χ3v) is 2.15. The van der Waals surface area contributed by atoms with E-state index in [-0.39, 0.29) is 12.6 Å². The van der Waals surface area contributed by atoms with Gasteiger partial charge in [-0.3, -0.25) is 0 Å². The lowest BCUT2D eigenvalue weighted by atomic mass is 10.1. The Morgan fingerprint density at radius 1 is 1.50 bits per heavy atom. The van der Waals surface area contributed by atoms with Crippen LogP contribution in [0.1, 0.15) is 11.6 Å². The molecule has 4 nitrogen and oxygen atoms in total. The minimum Gasteiger partial charge on any atom is -0.352 e. The first-order valence-electron chi connectivity index (χ1n) is 4.14. The molecule has 0 radical (unpaired) electrons. The summed E-state index contributed by atoms with van der Waals surface area (Å²) in [6.45, 7) is 0.277. The zero-order valence-electron chi connectivity index (χ0n) is 7.53. The Kier molecular flexibility index (Phi) is 3.73. The highest BCUT2D eigenvalue weighted by molar-refractivity contribution is 6.31. The lowest BCUT2D eigenvalue weighted by Gasteiger charge is -2.13. The van der Waals surface area contributed by atoms with E-state index in [0.717, 1.165) is 5.56 Å². The molecule has 1 unspecified atom stereocenters. The number of hydrogen-bond donors (Lipinski definition) is 3. The first kappa shape index (κ1) is 10.8. The normalized spacial score (nSPS) is 12.1. The SMILES string of the molecule is NC(=O)NCC(N)c1ccccc1Cl. The molecule has 0 bridgehead atoms. The number of benzene rings is 1. The Morgan fingerprint density at radius 3 is 2.71 bits per heavy atom. The molecular formula is C9H12ClN3O. The Hall–Kier alpha value is -1.26. The summed E-state index contributed by atoms with van der Waals surface area (Å²) in [5.41, 5.74) is 11.5. The summed E-state index contributed by atoms with van der Waals surface area (Å²) < 4.78 is 0. The van der Waals surface area contributed by atoms with Crippen LogP contribution in [-0.2, 0) is 0 Å². The van der Waals surface area contributed by atoms with Crippen molar-refractivity contribution in [3.63, 3.8) is 0 Å². The average Bonchev–Trinajstić information content (AvgIpc) is 2.15. The van der Waals surface area contributed by atoms with Gasteiger partial charge < -0.3 is 16.8 Å². The molecule has 76 valence electrons. The number of nitrogens with two attached hydrogens (primary N) is 2. The van der Waals surface area contributed by atoms with Crippen molar-refractivity contribution >= 4 is 17.6 Å². The summed E-state index contributed by atoms with van der Waals surface area (Å²) in [5.74, 6) is 0. The van der Waals surface area contributed by atoms with E-state index >= 15 is 0 Å². The topological polar surface area (TPSA) is 81.1 Å². The third-order valence-electron chi connectivity index (χ3n) is 1.80. The van der Waals surface area contributed by atoms with Crippen LogP contribution < -0.4 is 16.8 Å². The summed E-state index contributed by atoms with van der Waals surface area (Å²) in [4.78, 5) is 10.4. The van der Waals surface area contributed by atoms with Crippen LogP contribution in [0.15, 0.2) is 24.3 Å². The maximum Gasteiger partial charge on any atom is 0.312 e. The fourth-order valence-corrected chi connectivity index (χ4v) is 1.37. The molecule has 0 aliphatic rings. The zero-order valence-corrected chi connectivity index (χ0v) is 8.29. The van der Waals surface area contributed by atoms with Crippen molar-refractivity contribution in [3.8, 4) is 0 Å². The van der Waals surface area contributed by atoms with Crippen molar-refractivity contribution in [2.75, 3.05) is 6.54 Å². The smallest absolute Gasteiger partial charge is 0.312 e. The molecule has 0 heterocycles. The van der Waals surface area contributed by atoms with Crippen molar-refractivity contribution < 1.29 is 4.79 Å². The van der Waals surface area contributed by atoms with E-state index in [4.69, 9.17) is 23.1 Å². The van der Waals surface area contributed by atoms with Crippen LogP contribution in [0.25, 0.3) is 0 Å². The van der Waals surface area contributed by atoms with Crippen LogP contribution >= 0.6 is 11.6 Å². The monoisotopic (exact) mass is 213 g/mol. The summed E-state index contributed by atoms with van der Waals surface area (Å²) in [6, 6.07) is 6.30. The summed E-state index contributed by atoms with van der Waals surface area (Å²) >= 11 is 5.91. The molecule has 0 saturated carbocycles. The molecule has 5 N–H and O–H groups in total. The van der Waals surface area contributed by atoms with Crippen molar-refractivity contribution in [1.82, 2.24) is 5.32 Å². The average molecular weight is 214 g/mol. The van der Waals surface area contributed by atoms with Crippen LogP contribution in [0.5, 0.6) is 0 Å². The first-order chi connectivity index (χ1) is 6.61. The number of halogens is 1. The van der Waals surface area contributed by atoms with Gasteiger partial charge in [-0.15, -0.1) is 0 Å². The molecule has 1 aromatic carbocycles. The maximum absolute atomic E-state index is 10.4. The minimum atomic E-state index is -0.590. The van der Waals surface area contributed by atoms with E-state index in [0.29, 0.717) is 5.02 Å². The van der Waals surface area contributed by atoms with Gasteiger partial charge in [0.05, 0.1) is 0 Å². The number of amides is 2. The van der Waals surface area contributed by atoms with Gasteiger partial charge in [0.1, 0.15) is 0 Å². The Morgan fingerprint density at radius 2 is 2.14 bits per heavy atom. The number of hydrogen-bond acceptors (Lipinski definition) is 2. The second-order valence-electron chi connectivity index (χ2n) is 2.87. The molecule has 1 aromatic rings. The van der Waals surface area contributed by atoms with Gasteiger partial charge in [0.25, 0.3) is 0 Å². The molecule has 14 heavy (non-hydrogen) atoms. The molecule has 0 spiro atoms. The van der Waals surface area contributed by atoms with E-state index < -0.39 is 6.03 Å². The third kappa shape index (κ3) is 2.90. The summed E-state index contributed by atoms with van der Waals surface area (Å²) in [5, 5.41) is 3.02. The predicted octanol–water partition coefficient (Wildman–Crippen LogP) is 1.01. The molecule has 0 fully saturated rings. The molecular weight excluding hydrogens is 202 g/mol. The van der Waals surface area contributed by atoms with Crippen LogP contribution in [0, 0.1) is 0 Å². The molecule has 0 aliphatic carbocycles. The zero-order chi connectivity index (χ0) is 10.6. The lowest BCUT2D eigenvalue weighted by molar-refractivity contribution is 0.248. The second kappa shape index (κ2) is 4.83. The number of rotatable bonds is 3. The quantitative estimate of drug-likeness (QED) is 0.701. The van der Waals surface area contributed by atoms with Gasteiger partial charge in [-0.2, -0.15) is 0 Å². The Balaban J connectivity index is 2.65. The van der Waals surface area contributed by atoms with Gasteiger partial charge in [0.15, 0.2) is 0 Å². The van der Waals surface area contributed by atoms with E-state index in [2.05, 4.69) is 5.32 Å². The van der Waals surface area contributed by atoms with E-state index in [9.17, 15) is 4.79 Å². The van der Waals surface area contributed by atoms with E-state index in [1.165, 1.54) is 0 Å². The lowest BCUT2D eigenvalue weighted by Crippen LogP contribution is -2.35. The molecule has 1 atom stereocenters. The van der Waals surface area contributed by atoms with Crippen molar-refractivity contribution in [2.24, 2.45) is 11.5 Å². The van der Waals surface area contributed by atoms with E-state index in [1.54, 1.807) is 6.07 Å². The molecule has 2 amide bonds. The largest absolute Gasteiger partial charge is 0.352 e. The number of nitrogens with one attached hydrogen (secondary N) is 1. The van der Waals surface area contributed by atoms with Gasteiger partial charge in [-0.05, 0) is 11.6 Å². The highest BCUT2D eigenvalue weighted by Crippen LogP contribution is 2.20. The van der Waals surface area contributed by atoms with Crippen LogP contribution in [0.4, 0.5) is 4.79 Å². The maximum atomic E-state index is 10.4. The number of primary amides is 1. The van der Waals surface area contributed by atoms with Gasteiger partial charge >= 0.3 is 6.03 Å². The molecule has 5 heteroatoms. The standard InChI is InChI=1S/C9H12ClN3O/c10-7-4-2-1-3-6(7)8(11)5-13-9(12)14/h1-4,8H,5,11H2,(H3,12,13,14). The number of urea groups is 1. The van der Waals surface area contributed by atoms with Gasteiger partial charge in [-0.25, -0.2) is 4.79 Å². The highest BCUT2D eigenvalue weighted by Gasteiger charge is 2.09. The highest BCUT2D eigenvalue weighted by atomic mass is 35.5. The van der Waals surface area contributed by atoms with E-state index in [1.807, 2.05) is 18.2 Å². The van der Waals surface area contributed by atoms with Crippen LogP contribution in [0.3, 0.4) is 0 Å². The van der Waals surface area contributed by atoms with Crippen molar-refractivity contribution in [3.05, 3.63) is 34.9 Å². The number of carbonyl (C=O) groups excluding carboxylic acids is 1. The molecule has 0 saturated heterocycles. The number of carbonyl (C=O) groups is 1. The Labute approximate surface area is 87.2 Å². The van der Waals surface area contributed by atoms with Crippen molar-refractivity contribution in [2.45, 2.75) is 6.04 Å². The van der Waals surface area contributed by atoms with Crippen LogP contribution in [0.2, 0.25) is 5.02 Å². The fraction of sp³-hybridized carbons (Fsp3) is 0.222. The second-order valence-corrected chi connectivity index (χ2v) is 3.28. The van der Waals surface area contributed by atoms with Crippen molar-refractivity contribution in [1.29, 1.82) is 0 Å². The molecule has 0 aliphatic heterocycles. The molecule has 1 rings (SSSR count). The van der Waals surface area contributed by atoms with Crippen LogP contribution in [-0.4, -0.2) is 12.6 Å². The molecule has 0 aromatic heterocycles. The first-order valence-corrected chi connectivity index (χ1v) is 4.52. The van der Waals surface area contributed by atoms with Gasteiger partial charge in [0.2, 0.25) is 0 Å². The van der Waals surface area contributed by atoms with Gasteiger partial charge in [-0.1, -0.05) is 29.8 Å². The predicted molar refractivity (Wildman–Crippen MR) is 56.0 cm³/mol. The minimum absolute atomic E-state index is 0.277.